The van der Waals surface area contributed by atoms with Crippen molar-refractivity contribution in [3.05, 3.63) is 28.1 Å². The van der Waals surface area contributed by atoms with Gasteiger partial charge >= 0.3 is 5.69 Å². The van der Waals surface area contributed by atoms with Crippen LogP contribution in [0.2, 0.25) is 0 Å². The van der Waals surface area contributed by atoms with E-state index < -0.39 is 16.4 Å². The van der Waals surface area contributed by atoms with Gasteiger partial charge in [0.25, 0.3) is 0 Å². The summed E-state index contributed by atoms with van der Waals surface area (Å²) >= 11 is 0. The van der Waals surface area contributed by atoms with Gasteiger partial charge in [-0.05, 0) is 7.05 Å². The second-order valence-corrected chi connectivity index (χ2v) is 3.16. The molecule has 0 aliphatic rings. The van der Waals surface area contributed by atoms with Crippen LogP contribution < -0.4 is 14.8 Å². The molecule has 94 valence electrons. The third-order valence-corrected chi connectivity index (χ3v) is 2.04. The highest BCUT2D eigenvalue weighted by molar-refractivity contribution is 5.51. The molecule has 0 amide bonds. The van der Waals surface area contributed by atoms with E-state index in [1.54, 1.807) is 7.05 Å². The van der Waals surface area contributed by atoms with Gasteiger partial charge in [0.05, 0.1) is 18.1 Å². The van der Waals surface area contributed by atoms with Crippen LogP contribution in [0, 0.1) is 15.9 Å². The van der Waals surface area contributed by atoms with Gasteiger partial charge in [0.15, 0.2) is 11.6 Å². The molecule has 0 bridgehead atoms. The van der Waals surface area contributed by atoms with E-state index in [0.717, 1.165) is 6.07 Å². The van der Waals surface area contributed by atoms with Crippen molar-refractivity contribution in [2.75, 3.05) is 27.3 Å². The number of hydrogen-bond acceptors (Lipinski definition) is 5. The maximum absolute atomic E-state index is 13.3. The molecule has 1 rings (SSSR count). The minimum absolute atomic E-state index is 0.0106. The number of hydrogen-bond donors (Lipinski definition) is 1. The average molecular weight is 244 g/mol. The van der Waals surface area contributed by atoms with Crippen molar-refractivity contribution in [2.45, 2.75) is 0 Å². The summed E-state index contributed by atoms with van der Waals surface area (Å²) in [5.41, 5.74) is -0.417. The Bertz CT molecular complexity index is 412. The van der Waals surface area contributed by atoms with Crippen LogP contribution >= 0.6 is 0 Å². The molecule has 17 heavy (non-hydrogen) atoms. The Morgan fingerprint density at radius 3 is 2.71 bits per heavy atom. The minimum Gasteiger partial charge on any atom is -0.494 e. The number of ether oxygens (including phenoxy) is 2. The van der Waals surface area contributed by atoms with Crippen LogP contribution in [0.15, 0.2) is 12.1 Å². The highest BCUT2D eigenvalue weighted by atomic mass is 19.1. The van der Waals surface area contributed by atoms with E-state index in [4.69, 9.17) is 9.47 Å². The molecule has 0 radical (unpaired) electrons. The summed E-state index contributed by atoms with van der Waals surface area (Å²) < 4.78 is 23.2. The highest BCUT2D eigenvalue weighted by Crippen LogP contribution is 2.33. The van der Waals surface area contributed by atoms with Gasteiger partial charge in [-0.2, -0.15) is 0 Å². The number of benzene rings is 1. The number of methoxy groups -OCH3 is 1. The molecule has 0 spiro atoms. The molecule has 0 saturated carbocycles. The third-order valence-electron chi connectivity index (χ3n) is 2.04. The zero-order chi connectivity index (χ0) is 12.8. The van der Waals surface area contributed by atoms with Crippen LogP contribution in [0.25, 0.3) is 0 Å². The van der Waals surface area contributed by atoms with Crippen LogP contribution in [0.3, 0.4) is 0 Å². The first-order valence-corrected chi connectivity index (χ1v) is 4.89. The first-order chi connectivity index (χ1) is 8.10. The molecule has 0 fully saturated rings. The van der Waals surface area contributed by atoms with Gasteiger partial charge in [0, 0.05) is 12.6 Å². The average Bonchev–Trinajstić information content (AvgIpc) is 2.30. The van der Waals surface area contributed by atoms with Gasteiger partial charge in [-0.15, -0.1) is 0 Å². The SMILES string of the molecule is CNCCOc1cc(OC)c(F)cc1[N+](=O)[O-]. The van der Waals surface area contributed by atoms with Gasteiger partial charge in [-0.25, -0.2) is 4.39 Å². The molecule has 0 aliphatic carbocycles. The van der Waals surface area contributed by atoms with E-state index in [9.17, 15) is 14.5 Å². The van der Waals surface area contributed by atoms with Crippen LogP contribution in [-0.4, -0.2) is 32.2 Å². The lowest BCUT2D eigenvalue weighted by Gasteiger charge is -2.08. The molecule has 0 unspecified atom stereocenters. The highest BCUT2D eigenvalue weighted by Gasteiger charge is 2.20. The second-order valence-electron chi connectivity index (χ2n) is 3.16. The molecule has 0 aromatic heterocycles. The number of nitrogens with zero attached hydrogens (tertiary/aromatic N) is 1. The minimum atomic E-state index is -0.792. The summed E-state index contributed by atoms with van der Waals surface area (Å²) in [7, 11) is 3.00. The van der Waals surface area contributed by atoms with Crippen molar-refractivity contribution >= 4 is 5.69 Å². The molecular weight excluding hydrogens is 231 g/mol. The molecular formula is C10H13FN2O4. The number of likely N-dealkylation sites (N-methyl/N-ethyl adjacent to an activating group) is 1. The molecule has 1 N–H and O–H groups in total. The monoisotopic (exact) mass is 244 g/mol. The normalized spacial score (nSPS) is 10.1. The lowest BCUT2D eigenvalue weighted by Crippen LogP contribution is -2.16. The van der Waals surface area contributed by atoms with Crippen molar-refractivity contribution < 1.29 is 18.8 Å². The Labute approximate surface area is 97.5 Å². The van der Waals surface area contributed by atoms with E-state index in [-0.39, 0.29) is 18.1 Å². The molecule has 1 aromatic carbocycles. The van der Waals surface area contributed by atoms with Crippen molar-refractivity contribution in [3.63, 3.8) is 0 Å². The molecule has 0 heterocycles. The van der Waals surface area contributed by atoms with Crippen LogP contribution in [-0.2, 0) is 0 Å². The topological polar surface area (TPSA) is 73.6 Å². The van der Waals surface area contributed by atoms with Gasteiger partial charge in [-0.1, -0.05) is 0 Å². The van der Waals surface area contributed by atoms with Crippen LogP contribution in [0.1, 0.15) is 0 Å². The fraction of sp³-hybridized carbons (Fsp3) is 0.400. The molecule has 6 nitrogen and oxygen atoms in total. The zero-order valence-electron chi connectivity index (χ0n) is 9.53. The first-order valence-electron chi connectivity index (χ1n) is 4.89. The van der Waals surface area contributed by atoms with Gasteiger partial charge < -0.3 is 14.8 Å². The van der Waals surface area contributed by atoms with Gasteiger partial charge in [0.2, 0.25) is 5.75 Å². The Hall–Kier alpha value is -1.89. The molecule has 0 atom stereocenters. The van der Waals surface area contributed by atoms with Crippen molar-refractivity contribution in [1.82, 2.24) is 5.32 Å². The fourth-order valence-corrected chi connectivity index (χ4v) is 1.20. The number of nitro groups is 1. The zero-order valence-corrected chi connectivity index (χ0v) is 9.53. The second kappa shape index (κ2) is 6.00. The maximum Gasteiger partial charge on any atom is 0.314 e. The van der Waals surface area contributed by atoms with Gasteiger partial charge in [-0.3, -0.25) is 10.1 Å². The Balaban J connectivity index is 3.01. The van der Waals surface area contributed by atoms with Crippen molar-refractivity contribution in [3.8, 4) is 11.5 Å². The van der Waals surface area contributed by atoms with Crippen molar-refractivity contribution in [1.29, 1.82) is 0 Å². The summed E-state index contributed by atoms with van der Waals surface area (Å²) in [6.07, 6.45) is 0. The Morgan fingerprint density at radius 1 is 1.47 bits per heavy atom. The van der Waals surface area contributed by atoms with E-state index in [2.05, 4.69) is 5.32 Å². The van der Waals surface area contributed by atoms with Crippen LogP contribution in [0.4, 0.5) is 10.1 Å². The summed E-state index contributed by atoms with van der Waals surface area (Å²) in [4.78, 5) is 10.0. The number of halogens is 1. The Morgan fingerprint density at radius 2 is 2.18 bits per heavy atom. The fourth-order valence-electron chi connectivity index (χ4n) is 1.20. The molecule has 0 saturated heterocycles. The lowest BCUT2D eigenvalue weighted by atomic mass is 10.2. The van der Waals surface area contributed by atoms with Crippen LogP contribution in [0.5, 0.6) is 11.5 Å². The predicted molar refractivity (Wildman–Crippen MR) is 59.0 cm³/mol. The predicted octanol–water partition coefficient (Wildman–Crippen LogP) is 1.34. The lowest BCUT2D eigenvalue weighted by molar-refractivity contribution is -0.386. The molecule has 1 aromatic rings. The van der Waals surface area contributed by atoms with Crippen molar-refractivity contribution in [2.24, 2.45) is 0 Å². The summed E-state index contributed by atoms with van der Waals surface area (Å²) in [5.74, 6) is -0.890. The number of rotatable bonds is 6. The summed E-state index contributed by atoms with van der Waals surface area (Å²) in [6.45, 7) is 0.767. The smallest absolute Gasteiger partial charge is 0.314 e. The van der Waals surface area contributed by atoms with E-state index in [1.807, 2.05) is 0 Å². The molecule has 7 heteroatoms. The summed E-state index contributed by atoms with van der Waals surface area (Å²) in [5, 5.41) is 13.5. The third kappa shape index (κ3) is 3.28. The largest absolute Gasteiger partial charge is 0.494 e. The molecule has 0 aliphatic heterocycles. The number of nitrogens with one attached hydrogen (secondary N) is 1. The first kappa shape index (κ1) is 13.2. The quantitative estimate of drug-likeness (QED) is 0.464. The van der Waals surface area contributed by atoms with E-state index >= 15 is 0 Å². The van der Waals surface area contributed by atoms with Gasteiger partial charge in [0.1, 0.15) is 6.61 Å². The Kier molecular flexibility index (Phi) is 4.65. The number of nitro benzene ring substituents is 1. The van der Waals surface area contributed by atoms with E-state index in [0.29, 0.717) is 6.54 Å². The van der Waals surface area contributed by atoms with E-state index in [1.165, 1.54) is 13.2 Å². The standard InChI is InChI=1S/C10H13FN2O4/c1-12-3-4-17-10-6-9(16-2)7(11)5-8(10)13(14)15/h5-6,12H,3-4H2,1-2H3. The maximum atomic E-state index is 13.3. The summed E-state index contributed by atoms with van der Waals surface area (Å²) in [6, 6.07) is 1.96.